The molecule has 24 heavy (non-hydrogen) atoms. The number of likely N-dealkylation sites (N-methyl/N-ethyl adjacent to an activating group) is 1. The van der Waals surface area contributed by atoms with Gasteiger partial charge < -0.3 is 4.90 Å². The minimum absolute atomic E-state index is 0.143. The van der Waals surface area contributed by atoms with Crippen molar-refractivity contribution >= 4 is 15.9 Å². The van der Waals surface area contributed by atoms with Crippen LogP contribution in [0.5, 0.6) is 0 Å². The Hall–Kier alpha value is -1.40. The number of amides is 1. The molecule has 0 aliphatic carbocycles. The van der Waals surface area contributed by atoms with Crippen LogP contribution in [0.4, 0.5) is 0 Å². The van der Waals surface area contributed by atoms with Gasteiger partial charge in [-0.15, -0.1) is 0 Å². The lowest BCUT2D eigenvalue weighted by Crippen LogP contribution is -2.44. The third-order valence-corrected chi connectivity index (χ3v) is 5.43. The molecule has 136 valence electrons. The summed E-state index contributed by atoms with van der Waals surface area (Å²) in [6, 6.07) is 6.66. The molecule has 0 bridgehead atoms. The first kappa shape index (κ1) is 20.6. The summed E-state index contributed by atoms with van der Waals surface area (Å²) in [5.74, 6) is 0.522. The van der Waals surface area contributed by atoms with E-state index in [1.807, 2.05) is 34.6 Å². The van der Waals surface area contributed by atoms with Crippen molar-refractivity contribution < 1.29 is 13.2 Å². The van der Waals surface area contributed by atoms with Gasteiger partial charge in [0, 0.05) is 20.1 Å². The van der Waals surface area contributed by atoms with E-state index in [0.29, 0.717) is 24.9 Å². The number of benzene rings is 1. The Morgan fingerprint density at radius 1 is 1.00 bits per heavy atom. The van der Waals surface area contributed by atoms with Crippen LogP contribution in [0.25, 0.3) is 0 Å². The minimum Gasteiger partial charge on any atom is -0.341 e. The van der Waals surface area contributed by atoms with Crippen molar-refractivity contribution in [1.82, 2.24) is 9.21 Å². The van der Waals surface area contributed by atoms with Crippen LogP contribution in [0.15, 0.2) is 29.2 Å². The van der Waals surface area contributed by atoms with Gasteiger partial charge in [-0.2, -0.15) is 4.31 Å². The highest BCUT2D eigenvalue weighted by atomic mass is 32.2. The Kier molecular flexibility index (Phi) is 7.42. The maximum absolute atomic E-state index is 12.6. The number of aryl methyl sites for hydroxylation is 1. The van der Waals surface area contributed by atoms with Crippen molar-refractivity contribution in [3.63, 3.8) is 0 Å². The van der Waals surface area contributed by atoms with Crippen molar-refractivity contribution in [3.8, 4) is 0 Å². The summed E-state index contributed by atoms with van der Waals surface area (Å²) in [5.41, 5.74) is 0.993. The van der Waals surface area contributed by atoms with Crippen molar-refractivity contribution in [2.75, 3.05) is 26.7 Å². The summed E-state index contributed by atoms with van der Waals surface area (Å²) >= 11 is 0. The van der Waals surface area contributed by atoms with Gasteiger partial charge >= 0.3 is 0 Å². The van der Waals surface area contributed by atoms with Crippen LogP contribution >= 0.6 is 0 Å². The molecule has 0 atom stereocenters. The SMILES string of the molecule is Cc1ccc(S(=O)(=O)N(C)CC(=O)N(CC(C)C)CC(C)C)cc1. The summed E-state index contributed by atoms with van der Waals surface area (Å²) in [7, 11) is -2.20. The van der Waals surface area contributed by atoms with Crippen molar-refractivity contribution in [1.29, 1.82) is 0 Å². The van der Waals surface area contributed by atoms with E-state index in [1.54, 1.807) is 29.2 Å². The largest absolute Gasteiger partial charge is 0.341 e. The second-order valence-corrected chi connectivity index (χ2v) is 9.21. The minimum atomic E-state index is -3.66. The zero-order valence-corrected chi connectivity index (χ0v) is 16.4. The number of hydrogen-bond acceptors (Lipinski definition) is 3. The molecule has 0 saturated carbocycles. The molecule has 0 heterocycles. The third-order valence-electron chi connectivity index (χ3n) is 3.61. The van der Waals surface area contributed by atoms with Gasteiger partial charge in [-0.1, -0.05) is 45.4 Å². The number of sulfonamides is 1. The fraction of sp³-hybridized carbons (Fsp3) is 0.611. The number of nitrogens with zero attached hydrogens (tertiary/aromatic N) is 2. The molecule has 6 heteroatoms. The van der Waals surface area contributed by atoms with Crippen LogP contribution in [0.1, 0.15) is 33.3 Å². The normalized spacial score (nSPS) is 12.2. The van der Waals surface area contributed by atoms with Gasteiger partial charge in [-0.05, 0) is 30.9 Å². The number of carbonyl (C=O) groups excluding carboxylic acids is 1. The van der Waals surface area contributed by atoms with E-state index in [0.717, 1.165) is 9.87 Å². The predicted molar refractivity (Wildman–Crippen MR) is 97.3 cm³/mol. The van der Waals surface area contributed by atoms with E-state index < -0.39 is 10.0 Å². The van der Waals surface area contributed by atoms with Crippen LogP contribution in [-0.2, 0) is 14.8 Å². The summed E-state index contributed by atoms with van der Waals surface area (Å²) in [6.45, 7) is 11.2. The van der Waals surface area contributed by atoms with Crippen molar-refractivity contribution in [2.24, 2.45) is 11.8 Å². The van der Waals surface area contributed by atoms with E-state index >= 15 is 0 Å². The molecule has 0 aliphatic rings. The molecule has 1 aromatic rings. The van der Waals surface area contributed by atoms with Gasteiger partial charge in [0.1, 0.15) is 0 Å². The number of hydrogen-bond donors (Lipinski definition) is 0. The molecule has 0 spiro atoms. The van der Waals surface area contributed by atoms with Gasteiger partial charge in [0.2, 0.25) is 15.9 Å². The van der Waals surface area contributed by atoms with E-state index in [4.69, 9.17) is 0 Å². The van der Waals surface area contributed by atoms with E-state index in [-0.39, 0.29) is 17.3 Å². The first-order chi connectivity index (χ1) is 11.0. The molecule has 0 unspecified atom stereocenters. The zero-order chi connectivity index (χ0) is 18.5. The molecular weight excluding hydrogens is 324 g/mol. The maximum Gasteiger partial charge on any atom is 0.243 e. The van der Waals surface area contributed by atoms with Crippen LogP contribution in [0.2, 0.25) is 0 Å². The van der Waals surface area contributed by atoms with E-state index in [9.17, 15) is 13.2 Å². The first-order valence-electron chi connectivity index (χ1n) is 8.34. The fourth-order valence-corrected chi connectivity index (χ4v) is 3.55. The molecule has 1 aromatic carbocycles. The Bertz CT molecular complexity index is 627. The lowest BCUT2D eigenvalue weighted by Gasteiger charge is -2.28. The molecular formula is C18H30N2O3S. The van der Waals surface area contributed by atoms with Crippen molar-refractivity contribution in [3.05, 3.63) is 29.8 Å². The quantitative estimate of drug-likeness (QED) is 0.721. The Morgan fingerprint density at radius 3 is 1.88 bits per heavy atom. The second-order valence-electron chi connectivity index (χ2n) is 7.16. The Labute approximate surface area is 146 Å². The summed E-state index contributed by atoms with van der Waals surface area (Å²) in [5, 5.41) is 0. The number of carbonyl (C=O) groups is 1. The standard InChI is InChI=1S/C18H30N2O3S/c1-14(2)11-20(12-15(3)4)18(21)13-19(6)24(22,23)17-9-7-16(5)8-10-17/h7-10,14-15H,11-13H2,1-6H3. The van der Waals surface area contributed by atoms with Gasteiger partial charge in [0.15, 0.2) is 0 Å². The predicted octanol–water partition coefficient (Wildman–Crippen LogP) is 2.76. The van der Waals surface area contributed by atoms with E-state index in [2.05, 4.69) is 0 Å². The highest BCUT2D eigenvalue weighted by Crippen LogP contribution is 2.15. The topological polar surface area (TPSA) is 57.7 Å². The monoisotopic (exact) mass is 354 g/mol. The molecule has 0 saturated heterocycles. The molecule has 0 aromatic heterocycles. The second kappa shape index (κ2) is 8.62. The highest BCUT2D eigenvalue weighted by molar-refractivity contribution is 7.89. The van der Waals surface area contributed by atoms with Gasteiger partial charge in [0.25, 0.3) is 0 Å². The van der Waals surface area contributed by atoms with Gasteiger partial charge in [-0.25, -0.2) is 8.42 Å². The average molecular weight is 355 g/mol. The lowest BCUT2D eigenvalue weighted by molar-refractivity contribution is -0.132. The third kappa shape index (κ3) is 5.91. The van der Waals surface area contributed by atoms with Gasteiger partial charge in [-0.3, -0.25) is 4.79 Å². The Morgan fingerprint density at radius 2 is 1.46 bits per heavy atom. The maximum atomic E-state index is 12.6. The molecule has 0 aliphatic heterocycles. The molecule has 5 nitrogen and oxygen atoms in total. The molecule has 0 radical (unpaired) electrons. The summed E-state index contributed by atoms with van der Waals surface area (Å²) < 4.78 is 26.3. The number of rotatable bonds is 8. The molecule has 0 N–H and O–H groups in total. The first-order valence-corrected chi connectivity index (χ1v) is 9.78. The average Bonchev–Trinajstić information content (AvgIpc) is 2.45. The molecule has 0 fully saturated rings. The highest BCUT2D eigenvalue weighted by Gasteiger charge is 2.25. The summed E-state index contributed by atoms with van der Waals surface area (Å²) in [6.07, 6.45) is 0. The fourth-order valence-electron chi connectivity index (χ4n) is 2.43. The molecule has 1 amide bonds. The zero-order valence-electron chi connectivity index (χ0n) is 15.6. The van der Waals surface area contributed by atoms with Crippen LogP contribution in [0, 0.1) is 18.8 Å². The van der Waals surface area contributed by atoms with E-state index in [1.165, 1.54) is 7.05 Å². The molecule has 1 rings (SSSR count). The summed E-state index contributed by atoms with van der Waals surface area (Å²) in [4.78, 5) is 14.5. The van der Waals surface area contributed by atoms with Crippen LogP contribution in [0.3, 0.4) is 0 Å². The Balaban J connectivity index is 2.88. The lowest BCUT2D eigenvalue weighted by atomic mass is 10.1. The van der Waals surface area contributed by atoms with Gasteiger partial charge in [0.05, 0.1) is 11.4 Å². The van der Waals surface area contributed by atoms with Crippen molar-refractivity contribution in [2.45, 2.75) is 39.5 Å². The van der Waals surface area contributed by atoms with Crippen LogP contribution < -0.4 is 0 Å². The van der Waals surface area contributed by atoms with Crippen LogP contribution in [-0.4, -0.2) is 50.2 Å². The smallest absolute Gasteiger partial charge is 0.243 e.